The molecule has 0 amide bonds. The van der Waals surface area contributed by atoms with Gasteiger partial charge in [-0.1, -0.05) is 37.6 Å². The summed E-state index contributed by atoms with van der Waals surface area (Å²) in [5.74, 6) is -0.811. The Balaban J connectivity index is 1.26. The molecule has 0 radical (unpaired) electrons. The van der Waals surface area contributed by atoms with Crippen LogP contribution in [0.25, 0.3) is 11.1 Å². The molecule has 2 unspecified atom stereocenters. The maximum atomic E-state index is 14.6. The van der Waals surface area contributed by atoms with E-state index in [2.05, 4.69) is 19.1 Å². The van der Waals surface area contributed by atoms with Gasteiger partial charge in [0, 0.05) is 11.5 Å². The van der Waals surface area contributed by atoms with Gasteiger partial charge in [0.2, 0.25) is 5.82 Å². The molecule has 34 heavy (non-hydrogen) atoms. The second-order valence-corrected chi connectivity index (χ2v) is 9.79. The third kappa shape index (κ3) is 6.17. The smallest absolute Gasteiger partial charge is 0.201 e. The Morgan fingerprint density at radius 1 is 0.882 bits per heavy atom. The summed E-state index contributed by atoms with van der Waals surface area (Å²) in [4.78, 5) is 0. The summed E-state index contributed by atoms with van der Waals surface area (Å²) in [5.41, 5.74) is 2.20. The maximum absolute atomic E-state index is 14.6. The molecule has 1 saturated carbocycles. The quantitative estimate of drug-likeness (QED) is 0.375. The third-order valence-electron chi connectivity index (χ3n) is 7.36. The number of rotatable bonds is 9. The van der Waals surface area contributed by atoms with Crippen LogP contribution in [0.3, 0.4) is 0 Å². The van der Waals surface area contributed by atoms with Crippen LogP contribution in [0.5, 0.6) is 5.75 Å². The Labute approximate surface area is 202 Å². The SMILES string of the molecule is CCCC1CCC(COC2CCC(c3ccc(-c4ccc(OCC)c(F)c4F)cc3)CC2)CO1. The highest BCUT2D eigenvalue weighted by Crippen LogP contribution is 2.36. The van der Waals surface area contributed by atoms with Crippen LogP contribution in [0.15, 0.2) is 36.4 Å². The Kier molecular flexibility index (Phi) is 8.96. The van der Waals surface area contributed by atoms with Gasteiger partial charge in [0.1, 0.15) is 0 Å². The molecule has 0 bridgehead atoms. The molecule has 0 spiro atoms. The van der Waals surface area contributed by atoms with Crippen molar-refractivity contribution >= 4 is 0 Å². The first-order valence-electron chi connectivity index (χ1n) is 13.0. The van der Waals surface area contributed by atoms with Gasteiger partial charge < -0.3 is 14.2 Å². The Morgan fingerprint density at radius 2 is 1.65 bits per heavy atom. The van der Waals surface area contributed by atoms with E-state index in [-0.39, 0.29) is 11.3 Å². The lowest BCUT2D eigenvalue weighted by molar-refractivity contribution is -0.0646. The first-order valence-corrected chi connectivity index (χ1v) is 13.0. The van der Waals surface area contributed by atoms with Gasteiger partial charge in [-0.05, 0) is 81.0 Å². The zero-order valence-electron chi connectivity index (χ0n) is 20.5. The lowest BCUT2D eigenvalue weighted by Crippen LogP contribution is -2.30. The van der Waals surface area contributed by atoms with Gasteiger partial charge >= 0.3 is 0 Å². The number of benzene rings is 2. The van der Waals surface area contributed by atoms with E-state index in [1.54, 1.807) is 13.0 Å². The molecule has 1 saturated heterocycles. The molecule has 1 heterocycles. The zero-order valence-corrected chi connectivity index (χ0v) is 20.5. The molecule has 5 heteroatoms. The molecule has 2 atom stereocenters. The average molecular weight is 473 g/mol. The minimum absolute atomic E-state index is 0.0453. The van der Waals surface area contributed by atoms with Crippen LogP contribution in [0.4, 0.5) is 8.78 Å². The molecule has 1 aliphatic carbocycles. The zero-order chi connectivity index (χ0) is 23.9. The number of hydrogen-bond donors (Lipinski definition) is 0. The van der Waals surface area contributed by atoms with Crippen molar-refractivity contribution in [1.29, 1.82) is 0 Å². The summed E-state index contributed by atoms with van der Waals surface area (Å²) in [6.45, 7) is 5.91. The lowest BCUT2D eigenvalue weighted by Gasteiger charge is -2.32. The van der Waals surface area contributed by atoms with Crippen molar-refractivity contribution in [2.75, 3.05) is 19.8 Å². The van der Waals surface area contributed by atoms with Crippen molar-refractivity contribution in [2.45, 2.75) is 83.3 Å². The van der Waals surface area contributed by atoms with Gasteiger partial charge in [0.05, 0.1) is 32.0 Å². The first kappa shape index (κ1) is 25.1. The number of hydrogen-bond acceptors (Lipinski definition) is 3. The molecule has 2 aromatic carbocycles. The van der Waals surface area contributed by atoms with E-state index < -0.39 is 11.6 Å². The minimum atomic E-state index is -0.928. The van der Waals surface area contributed by atoms with Gasteiger partial charge in [0.25, 0.3) is 0 Å². The predicted molar refractivity (Wildman–Crippen MR) is 131 cm³/mol. The lowest BCUT2D eigenvalue weighted by atomic mass is 9.82. The van der Waals surface area contributed by atoms with E-state index >= 15 is 0 Å². The molecular formula is C29H38F2O3. The average Bonchev–Trinajstić information content (AvgIpc) is 2.87. The molecule has 2 aromatic rings. The minimum Gasteiger partial charge on any atom is -0.491 e. The van der Waals surface area contributed by atoms with E-state index in [9.17, 15) is 8.78 Å². The monoisotopic (exact) mass is 472 g/mol. The number of halogens is 2. The Hall–Kier alpha value is -1.98. The van der Waals surface area contributed by atoms with Gasteiger partial charge in [-0.15, -0.1) is 0 Å². The van der Waals surface area contributed by atoms with Crippen molar-refractivity contribution in [2.24, 2.45) is 5.92 Å². The van der Waals surface area contributed by atoms with E-state index in [0.717, 1.165) is 45.3 Å². The van der Waals surface area contributed by atoms with E-state index in [1.165, 1.54) is 30.9 Å². The Morgan fingerprint density at radius 3 is 2.29 bits per heavy atom. The second-order valence-electron chi connectivity index (χ2n) is 9.79. The van der Waals surface area contributed by atoms with E-state index in [0.29, 0.717) is 36.2 Å². The Bertz CT molecular complexity index is 898. The van der Waals surface area contributed by atoms with Crippen molar-refractivity contribution in [1.82, 2.24) is 0 Å². The van der Waals surface area contributed by atoms with Crippen LogP contribution in [0.2, 0.25) is 0 Å². The molecule has 4 rings (SSSR count). The summed E-state index contributed by atoms with van der Waals surface area (Å²) in [6, 6.07) is 11.0. The molecule has 2 fully saturated rings. The highest BCUT2D eigenvalue weighted by Gasteiger charge is 2.26. The standard InChI is InChI=1S/C29H38F2O3/c1-3-5-24-13-6-20(18-33-24)19-34-25-14-11-22(12-15-25)21-7-9-23(10-8-21)26-16-17-27(32-4-2)29(31)28(26)30/h7-10,16-17,20,22,24-25H,3-6,11-15,18-19H2,1-2H3. The summed E-state index contributed by atoms with van der Waals surface area (Å²) in [7, 11) is 0. The highest BCUT2D eigenvalue weighted by molar-refractivity contribution is 5.65. The maximum Gasteiger partial charge on any atom is 0.201 e. The normalized spacial score (nSPS) is 25.3. The largest absolute Gasteiger partial charge is 0.491 e. The predicted octanol–water partition coefficient (Wildman–Crippen LogP) is 7.67. The fourth-order valence-corrected chi connectivity index (χ4v) is 5.33. The van der Waals surface area contributed by atoms with Crippen LogP contribution < -0.4 is 4.74 Å². The highest BCUT2D eigenvalue weighted by atomic mass is 19.2. The first-order chi connectivity index (χ1) is 16.6. The summed E-state index contributed by atoms with van der Waals surface area (Å²) < 4.78 is 46.2. The van der Waals surface area contributed by atoms with Gasteiger partial charge in [0.15, 0.2) is 11.6 Å². The fraction of sp³-hybridized carbons (Fsp3) is 0.586. The molecule has 186 valence electrons. The van der Waals surface area contributed by atoms with Crippen LogP contribution in [-0.4, -0.2) is 32.0 Å². The fourth-order valence-electron chi connectivity index (χ4n) is 5.33. The van der Waals surface area contributed by atoms with Crippen molar-refractivity contribution < 1.29 is 23.0 Å². The van der Waals surface area contributed by atoms with Crippen molar-refractivity contribution in [3.8, 4) is 16.9 Å². The third-order valence-corrected chi connectivity index (χ3v) is 7.36. The van der Waals surface area contributed by atoms with Crippen LogP contribution in [0.1, 0.15) is 76.7 Å². The van der Waals surface area contributed by atoms with E-state index in [1.807, 2.05) is 12.1 Å². The van der Waals surface area contributed by atoms with Gasteiger partial charge in [-0.25, -0.2) is 4.39 Å². The van der Waals surface area contributed by atoms with Crippen LogP contribution in [-0.2, 0) is 9.47 Å². The van der Waals surface area contributed by atoms with Gasteiger partial charge in [-0.3, -0.25) is 0 Å². The van der Waals surface area contributed by atoms with Crippen LogP contribution in [0, 0.1) is 17.6 Å². The summed E-state index contributed by atoms with van der Waals surface area (Å²) in [6.07, 6.45) is 9.85. The number of ether oxygens (including phenoxy) is 3. The molecule has 0 N–H and O–H groups in total. The topological polar surface area (TPSA) is 27.7 Å². The van der Waals surface area contributed by atoms with Gasteiger partial charge in [-0.2, -0.15) is 4.39 Å². The van der Waals surface area contributed by atoms with Crippen molar-refractivity contribution in [3.63, 3.8) is 0 Å². The van der Waals surface area contributed by atoms with E-state index in [4.69, 9.17) is 14.2 Å². The molecule has 1 aliphatic heterocycles. The second kappa shape index (κ2) is 12.1. The molecule has 3 nitrogen and oxygen atoms in total. The molecule has 2 aliphatic rings. The van der Waals surface area contributed by atoms with Crippen LogP contribution >= 0.6 is 0 Å². The summed E-state index contributed by atoms with van der Waals surface area (Å²) >= 11 is 0. The summed E-state index contributed by atoms with van der Waals surface area (Å²) in [5, 5.41) is 0. The van der Waals surface area contributed by atoms with Crippen molar-refractivity contribution in [3.05, 3.63) is 53.6 Å². The molecule has 0 aromatic heterocycles. The molecular weight excluding hydrogens is 434 g/mol.